The Hall–Kier alpha value is -1.97. The normalized spacial score (nSPS) is 9.89. The number of benzene rings is 1. The first kappa shape index (κ1) is 12.5. The van der Waals surface area contributed by atoms with Gasteiger partial charge in [0.2, 0.25) is 10.4 Å². The van der Waals surface area contributed by atoms with Gasteiger partial charge in [-0.05, 0) is 23.7 Å². The Morgan fingerprint density at radius 2 is 2.06 bits per heavy atom. The van der Waals surface area contributed by atoms with Crippen molar-refractivity contribution in [1.82, 2.24) is 15.2 Å². The van der Waals surface area contributed by atoms with Crippen LogP contribution in [0.25, 0.3) is 0 Å². The number of aromatic nitrogens is 3. The third-order valence-corrected chi connectivity index (χ3v) is 2.28. The molecule has 2 aromatic rings. The number of nitriles is 1. The number of hydrogen-bond donors (Lipinski definition) is 0. The first-order valence-electron chi connectivity index (χ1n) is 4.54. The smallest absolute Gasteiger partial charge is 0.262 e. The molecule has 8 heteroatoms. The molecule has 0 radical (unpaired) electrons. The Kier molecular flexibility index (Phi) is 3.55. The second-order valence-electron chi connectivity index (χ2n) is 3.00. The Labute approximate surface area is 111 Å². The summed E-state index contributed by atoms with van der Waals surface area (Å²) in [5.41, 5.74) is -0.261. The lowest BCUT2D eigenvalue weighted by Gasteiger charge is -2.07. The van der Waals surface area contributed by atoms with Gasteiger partial charge in [0.05, 0.1) is 0 Å². The van der Waals surface area contributed by atoms with Crippen LogP contribution >= 0.6 is 23.2 Å². The van der Waals surface area contributed by atoms with E-state index in [0.717, 1.165) is 6.07 Å². The van der Waals surface area contributed by atoms with Crippen LogP contribution < -0.4 is 4.74 Å². The predicted molar refractivity (Wildman–Crippen MR) is 61.0 cm³/mol. The fourth-order valence-corrected chi connectivity index (χ4v) is 1.38. The Balaban J connectivity index is 2.44. The van der Waals surface area contributed by atoms with Crippen LogP contribution in [0.4, 0.5) is 4.39 Å². The monoisotopic (exact) mass is 284 g/mol. The molecule has 1 heterocycles. The molecule has 0 saturated heterocycles. The van der Waals surface area contributed by atoms with Gasteiger partial charge < -0.3 is 4.74 Å². The van der Waals surface area contributed by atoms with E-state index in [9.17, 15) is 4.39 Å². The van der Waals surface area contributed by atoms with Gasteiger partial charge in [0.25, 0.3) is 5.88 Å². The second kappa shape index (κ2) is 5.12. The van der Waals surface area contributed by atoms with E-state index in [2.05, 4.69) is 15.2 Å². The maximum Gasteiger partial charge on any atom is 0.262 e. The van der Waals surface area contributed by atoms with Crippen LogP contribution in [-0.2, 0) is 0 Å². The molecule has 2 rings (SSSR count). The quantitative estimate of drug-likeness (QED) is 0.848. The highest BCUT2D eigenvalue weighted by Gasteiger charge is 2.14. The average Bonchev–Trinajstić information content (AvgIpc) is 2.34. The van der Waals surface area contributed by atoms with Crippen LogP contribution in [0.2, 0.25) is 10.4 Å². The summed E-state index contributed by atoms with van der Waals surface area (Å²) in [6.45, 7) is 0. The Bertz CT molecular complexity index is 644. The van der Waals surface area contributed by atoms with Crippen molar-refractivity contribution < 1.29 is 9.13 Å². The molecule has 0 saturated carbocycles. The number of halogens is 3. The van der Waals surface area contributed by atoms with Crippen molar-refractivity contribution in [3.05, 3.63) is 40.0 Å². The van der Waals surface area contributed by atoms with E-state index >= 15 is 0 Å². The largest absolute Gasteiger partial charge is 0.435 e. The van der Waals surface area contributed by atoms with Crippen molar-refractivity contribution in [2.24, 2.45) is 0 Å². The third kappa shape index (κ3) is 2.47. The minimum atomic E-state index is -0.709. The van der Waals surface area contributed by atoms with E-state index in [1.165, 1.54) is 12.1 Å². The summed E-state index contributed by atoms with van der Waals surface area (Å²) in [7, 11) is 0. The zero-order chi connectivity index (χ0) is 13.1. The fraction of sp³-hybridized carbons (Fsp3) is 0. The molecule has 5 nitrogen and oxygen atoms in total. The zero-order valence-corrected chi connectivity index (χ0v) is 10.1. The number of ether oxygens (including phenoxy) is 1. The Morgan fingerprint density at radius 3 is 2.78 bits per heavy atom. The highest BCUT2D eigenvalue weighted by molar-refractivity contribution is 6.31. The molecule has 1 aromatic heterocycles. The summed E-state index contributed by atoms with van der Waals surface area (Å²) in [6, 6.07) is 5.60. The highest BCUT2D eigenvalue weighted by atomic mass is 35.5. The molecule has 0 fully saturated rings. The summed E-state index contributed by atoms with van der Waals surface area (Å²) in [5.74, 6) is -0.894. The van der Waals surface area contributed by atoms with Crippen molar-refractivity contribution in [2.75, 3.05) is 0 Å². The van der Waals surface area contributed by atoms with E-state index < -0.39 is 5.82 Å². The van der Waals surface area contributed by atoms with Crippen molar-refractivity contribution >= 4 is 23.2 Å². The van der Waals surface area contributed by atoms with E-state index in [1.54, 1.807) is 6.07 Å². The van der Waals surface area contributed by atoms with Crippen molar-refractivity contribution in [3.8, 4) is 17.7 Å². The molecule has 1 aromatic carbocycles. The minimum absolute atomic E-state index is 0.0315. The molecular formula is C10H3Cl2FN4O. The molecular weight excluding hydrogens is 282 g/mol. The number of rotatable bonds is 2. The van der Waals surface area contributed by atoms with E-state index in [0.29, 0.717) is 0 Å². The molecule has 18 heavy (non-hydrogen) atoms. The number of nitrogens with zero attached hydrogens (tertiary/aromatic N) is 4. The fourth-order valence-electron chi connectivity index (χ4n) is 1.15. The molecule has 0 N–H and O–H groups in total. The van der Waals surface area contributed by atoms with Crippen LogP contribution in [0.3, 0.4) is 0 Å². The SMILES string of the molecule is N#Cc1c(F)cccc1Oc1nc(Cl)nnc1Cl. The van der Waals surface area contributed by atoms with Gasteiger partial charge >= 0.3 is 0 Å². The van der Waals surface area contributed by atoms with Gasteiger partial charge in [-0.1, -0.05) is 17.7 Å². The van der Waals surface area contributed by atoms with Crippen LogP contribution in [0, 0.1) is 17.1 Å². The molecule has 0 atom stereocenters. The molecule has 0 aliphatic carbocycles. The molecule has 90 valence electrons. The first-order chi connectivity index (χ1) is 8.61. The van der Waals surface area contributed by atoms with Crippen LogP contribution in [0.15, 0.2) is 18.2 Å². The van der Waals surface area contributed by atoms with Gasteiger partial charge in [-0.2, -0.15) is 10.2 Å². The van der Waals surface area contributed by atoms with Crippen molar-refractivity contribution in [3.63, 3.8) is 0 Å². The van der Waals surface area contributed by atoms with Crippen molar-refractivity contribution in [2.45, 2.75) is 0 Å². The lowest BCUT2D eigenvalue weighted by Crippen LogP contribution is -1.97. The average molecular weight is 285 g/mol. The maximum atomic E-state index is 13.3. The van der Waals surface area contributed by atoms with Gasteiger partial charge in [0.15, 0.2) is 0 Å². The standard InChI is InChI=1S/C10H3Cl2FN4O/c11-8-9(15-10(12)17-16-8)18-7-3-1-2-6(13)5(7)4-14/h1-3H. The summed E-state index contributed by atoms with van der Waals surface area (Å²) >= 11 is 11.2. The Morgan fingerprint density at radius 1 is 1.28 bits per heavy atom. The molecule has 0 spiro atoms. The van der Waals surface area contributed by atoms with E-state index in [4.69, 9.17) is 33.2 Å². The molecule has 0 amide bonds. The summed E-state index contributed by atoms with van der Waals surface area (Å²) in [4.78, 5) is 3.68. The van der Waals surface area contributed by atoms with Gasteiger partial charge in [-0.25, -0.2) is 4.39 Å². The molecule has 0 aliphatic rings. The highest BCUT2D eigenvalue weighted by Crippen LogP contribution is 2.29. The topological polar surface area (TPSA) is 71.7 Å². The van der Waals surface area contributed by atoms with Gasteiger partial charge in [0, 0.05) is 0 Å². The predicted octanol–water partition coefficient (Wildman–Crippen LogP) is 2.98. The van der Waals surface area contributed by atoms with E-state index in [1.807, 2.05) is 0 Å². The molecule has 0 unspecified atom stereocenters. The molecule has 0 bridgehead atoms. The minimum Gasteiger partial charge on any atom is -0.435 e. The first-order valence-corrected chi connectivity index (χ1v) is 5.29. The van der Waals surface area contributed by atoms with Gasteiger partial charge in [0.1, 0.15) is 23.2 Å². The summed E-state index contributed by atoms with van der Waals surface area (Å²) < 4.78 is 18.5. The van der Waals surface area contributed by atoms with Crippen molar-refractivity contribution in [1.29, 1.82) is 5.26 Å². The van der Waals surface area contributed by atoms with Crippen LogP contribution in [0.1, 0.15) is 5.56 Å². The third-order valence-electron chi connectivity index (χ3n) is 1.88. The van der Waals surface area contributed by atoms with Gasteiger partial charge in [-0.15, -0.1) is 10.2 Å². The zero-order valence-electron chi connectivity index (χ0n) is 8.56. The summed E-state index contributed by atoms with van der Waals surface area (Å²) in [6.07, 6.45) is 0. The van der Waals surface area contributed by atoms with Crippen LogP contribution in [-0.4, -0.2) is 15.2 Å². The lowest BCUT2D eigenvalue weighted by molar-refractivity contribution is 0.451. The number of hydrogen-bond acceptors (Lipinski definition) is 5. The maximum absolute atomic E-state index is 13.3. The lowest BCUT2D eigenvalue weighted by atomic mass is 10.2. The van der Waals surface area contributed by atoms with E-state index in [-0.39, 0.29) is 27.6 Å². The molecule has 0 aliphatic heterocycles. The van der Waals surface area contributed by atoms with Crippen LogP contribution in [0.5, 0.6) is 11.6 Å². The second-order valence-corrected chi connectivity index (χ2v) is 3.70. The van der Waals surface area contributed by atoms with Gasteiger partial charge in [-0.3, -0.25) is 0 Å². The summed E-state index contributed by atoms with van der Waals surface area (Å²) in [5, 5.41) is 15.4.